The fraction of sp³-hybridized carbons (Fsp3) is 0.468. The highest BCUT2D eigenvalue weighted by atomic mass is 16.2. The number of hydrogen-bond donors (Lipinski definition) is 6. The minimum Gasteiger partial charge on any atom is -0.361 e. The van der Waals surface area contributed by atoms with Crippen molar-refractivity contribution in [3.05, 3.63) is 108 Å². The van der Waals surface area contributed by atoms with Gasteiger partial charge in [0.15, 0.2) is 0 Å². The number of nitrogens with two attached hydrogens (primary N) is 1. The van der Waals surface area contributed by atoms with Crippen molar-refractivity contribution >= 4 is 40.4 Å². The molecule has 5 amide bonds. The van der Waals surface area contributed by atoms with Crippen LogP contribution >= 0.6 is 0 Å². The standard InChI is InChI=1S/C47H65N7O5/c1-5-54(6-2)46(58)31-41(33(3)4)52-44(56)29-37(21-15-16-26-48)51-47(59)42(28-36-32-49-40-23-14-13-22-39(36)40)53-45(57)30-38(27-35-19-11-8-12-20-35)50-43(55)25-24-34-17-9-7-10-18-34/h7-14,17-20,22-23,32-33,37-38,41-42,49H,5-6,15-16,21,24-31,48H2,1-4H3,(H,50,55)(H,51,59)(H,52,56)(H,53,57)/t37-,38-,41+,42+/m0/s1. The summed E-state index contributed by atoms with van der Waals surface area (Å²) in [5.74, 6) is -1.24. The molecule has 0 radical (unpaired) electrons. The molecule has 0 saturated heterocycles. The van der Waals surface area contributed by atoms with Crippen LogP contribution in [-0.2, 0) is 43.2 Å². The highest BCUT2D eigenvalue weighted by Crippen LogP contribution is 2.20. The molecule has 0 aliphatic rings. The van der Waals surface area contributed by atoms with Crippen LogP contribution < -0.4 is 27.0 Å². The van der Waals surface area contributed by atoms with Crippen LogP contribution in [0.15, 0.2) is 91.1 Å². The van der Waals surface area contributed by atoms with Crippen molar-refractivity contribution in [3.8, 4) is 0 Å². The maximum Gasteiger partial charge on any atom is 0.243 e. The third kappa shape index (κ3) is 15.7. The number of aromatic amines is 1. The first-order valence-corrected chi connectivity index (χ1v) is 21.3. The number of carbonyl (C=O) groups excluding carboxylic acids is 5. The van der Waals surface area contributed by atoms with Crippen LogP contribution in [0.3, 0.4) is 0 Å². The first-order valence-electron chi connectivity index (χ1n) is 21.3. The molecule has 3 aromatic carbocycles. The van der Waals surface area contributed by atoms with E-state index >= 15 is 0 Å². The van der Waals surface area contributed by atoms with Gasteiger partial charge < -0.3 is 36.9 Å². The Hall–Kier alpha value is -5.49. The van der Waals surface area contributed by atoms with Crippen LogP contribution in [0.2, 0.25) is 0 Å². The smallest absolute Gasteiger partial charge is 0.243 e. The summed E-state index contributed by atoms with van der Waals surface area (Å²) in [4.78, 5) is 73.1. The van der Waals surface area contributed by atoms with Gasteiger partial charge in [-0.2, -0.15) is 0 Å². The van der Waals surface area contributed by atoms with Gasteiger partial charge in [0.2, 0.25) is 29.5 Å². The Morgan fingerprint density at radius 1 is 0.678 bits per heavy atom. The van der Waals surface area contributed by atoms with Gasteiger partial charge in [0, 0.05) is 80.4 Å². The molecule has 0 bridgehead atoms. The van der Waals surface area contributed by atoms with E-state index in [4.69, 9.17) is 5.73 Å². The summed E-state index contributed by atoms with van der Waals surface area (Å²) in [6, 6.07) is 24.8. The van der Waals surface area contributed by atoms with Crippen molar-refractivity contribution in [1.29, 1.82) is 0 Å². The molecule has 0 unspecified atom stereocenters. The summed E-state index contributed by atoms with van der Waals surface area (Å²) in [5, 5.41) is 13.2. The number of nitrogens with zero attached hydrogens (tertiary/aromatic N) is 1. The van der Waals surface area contributed by atoms with E-state index in [9.17, 15) is 24.0 Å². The SMILES string of the molecule is CCN(CC)C(=O)C[C@@H](NC(=O)C[C@H](CCCCN)NC(=O)[C@@H](Cc1c[nH]c2ccccc12)NC(=O)C[C@H](Cc1ccccc1)NC(=O)CCc1ccccc1)C(C)C. The fourth-order valence-corrected chi connectivity index (χ4v) is 7.38. The minimum atomic E-state index is -0.983. The summed E-state index contributed by atoms with van der Waals surface area (Å²) in [7, 11) is 0. The molecule has 4 atom stereocenters. The number of H-pyrrole nitrogens is 1. The van der Waals surface area contributed by atoms with E-state index in [1.165, 1.54) is 0 Å². The monoisotopic (exact) mass is 808 g/mol. The lowest BCUT2D eigenvalue weighted by Crippen LogP contribution is -2.53. The van der Waals surface area contributed by atoms with Gasteiger partial charge in [0.05, 0.1) is 0 Å². The second-order valence-electron chi connectivity index (χ2n) is 15.7. The number of nitrogens with one attached hydrogen (secondary N) is 5. The summed E-state index contributed by atoms with van der Waals surface area (Å²) >= 11 is 0. The molecular formula is C47H65N7O5. The molecular weight excluding hydrogens is 743 g/mol. The zero-order valence-electron chi connectivity index (χ0n) is 35.3. The Labute approximate surface area is 349 Å². The predicted octanol–water partition coefficient (Wildman–Crippen LogP) is 5.35. The third-order valence-corrected chi connectivity index (χ3v) is 10.8. The number of para-hydroxylation sites is 1. The van der Waals surface area contributed by atoms with E-state index in [-0.39, 0.29) is 67.7 Å². The van der Waals surface area contributed by atoms with Crippen LogP contribution in [0.4, 0.5) is 0 Å². The van der Waals surface area contributed by atoms with E-state index in [1.54, 1.807) is 4.90 Å². The summed E-state index contributed by atoms with van der Waals surface area (Å²) in [6.07, 6.45) is 5.36. The lowest BCUT2D eigenvalue weighted by atomic mass is 9.98. The molecule has 59 heavy (non-hydrogen) atoms. The summed E-state index contributed by atoms with van der Waals surface area (Å²) in [6.45, 7) is 9.47. The Morgan fingerprint density at radius 2 is 1.31 bits per heavy atom. The van der Waals surface area contributed by atoms with Crippen molar-refractivity contribution in [1.82, 2.24) is 31.2 Å². The van der Waals surface area contributed by atoms with Crippen molar-refractivity contribution in [2.75, 3.05) is 19.6 Å². The molecule has 0 aliphatic carbocycles. The van der Waals surface area contributed by atoms with Crippen LogP contribution in [0.1, 0.15) is 89.3 Å². The lowest BCUT2D eigenvalue weighted by molar-refractivity contribution is -0.132. The van der Waals surface area contributed by atoms with Gasteiger partial charge in [0.25, 0.3) is 0 Å². The molecule has 12 nitrogen and oxygen atoms in total. The second-order valence-corrected chi connectivity index (χ2v) is 15.7. The van der Waals surface area contributed by atoms with Crippen LogP contribution in [0.5, 0.6) is 0 Å². The van der Waals surface area contributed by atoms with Gasteiger partial charge >= 0.3 is 0 Å². The molecule has 4 rings (SSSR count). The molecule has 318 valence electrons. The lowest BCUT2D eigenvalue weighted by Gasteiger charge is -2.28. The van der Waals surface area contributed by atoms with E-state index in [1.807, 2.05) is 119 Å². The number of rotatable bonds is 25. The topological polar surface area (TPSA) is 179 Å². The Morgan fingerprint density at radius 3 is 1.97 bits per heavy atom. The Kier molecular flexibility index (Phi) is 19.1. The Balaban J connectivity index is 1.52. The number of aryl methyl sites for hydroxylation is 1. The first kappa shape index (κ1) is 46.2. The van der Waals surface area contributed by atoms with E-state index < -0.39 is 24.0 Å². The minimum absolute atomic E-state index is 0.000899. The van der Waals surface area contributed by atoms with Crippen LogP contribution in [0, 0.1) is 5.92 Å². The first-order chi connectivity index (χ1) is 28.5. The number of hydrogen-bond acceptors (Lipinski definition) is 6. The van der Waals surface area contributed by atoms with E-state index in [2.05, 4.69) is 26.3 Å². The van der Waals surface area contributed by atoms with Crippen molar-refractivity contribution in [2.45, 2.75) is 116 Å². The predicted molar refractivity (Wildman–Crippen MR) is 234 cm³/mol. The number of aromatic nitrogens is 1. The number of fused-ring (bicyclic) bond motifs is 1. The number of benzene rings is 3. The Bertz CT molecular complexity index is 1910. The second kappa shape index (κ2) is 24.4. The van der Waals surface area contributed by atoms with Gasteiger partial charge in [-0.05, 0) is 74.8 Å². The molecule has 0 aliphatic heterocycles. The van der Waals surface area contributed by atoms with Crippen molar-refractivity contribution in [2.24, 2.45) is 11.7 Å². The average Bonchev–Trinajstić information content (AvgIpc) is 3.63. The van der Waals surface area contributed by atoms with Gasteiger partial charge in [0.1, 0.15) is 6.04 Å². The third-order valence-electron chi connectivity index (χ3n) is 10.8. The zero-order chi connectivity index (χ0) is 42.6. The molecule has 0 saturated carbocycles. The molecule has 4 aromatic rings. The molecule has 0 spiro atoms. The molecule has 12 heteroatoms. The maximum absolute atomic E-state index is 14.3. The van der Waals surface area contributed by atoms with Crippen molar-refractivity contribution < 1.29 is 24.0 Å². The molecule has 1 heterocycles. The zero-order valence-corrected chi connectivity index (χ0v) is 35.3. The summed E-state index contributed by atoms with van der Waals surface area (Å²) < 4.78 is 0. The fourth-order valence-electron chi connectivity index (χ4n) is 7.38. The number of carbonyl (C=O) groups is 5. The maximum atomic E-state index is 14.3. The normalized spacial score (nSPS) is 13.3. The number of amides is 5. The van der Waals surface area contributed by atoms with E-state index in [0.717, 1.165) is 34.0 Å². The van der Waals surface area contributed by atoms with Gasteiger partial charge in [-0.15, -0.1) is 0 Å². The van der Waals surface area contributed by atoms with E-state index in [0.29, 0.717) is 45.3 Å². The van der Waals surface area contributed by atoms with Crippen LogP contribution in [-0.4, -0.2) is 83.2 Å². The molecule has 7 N–H and O–H groups in total. The van der Waals surface area contributed by atoms with Crippen LogP contribution in [0.25, 0.3) is 10.9 Å². The molecule has 1 aromatic heterocycles. The quantitative estimate of drug-likeness (QED) is 0.0492. The summed E-state index contributed by atoms with van der Waals surface area (Å²) in [5.41, 5.74) is 9.60. The largest absolute Gasteiger partial charge is 0.361 e. The average molecular weight is 808 g/mol. The molecule has 0 fully saturated rings. The van der Waals surface area contributed by atoms with Gasteiger partial charge in [-0.3, -0.25) is 24.0 Å². The van der Waals surface area contributed by atoms with Gasteiger partial charge in [-0.25, -0.2) is 0 Å². The highest BCUT2D eigenvalue weighted by Gasteiger charge is 2.29. The highest BCUT2D eigenvalue weighted by molar-refractivity contribution is 5.90. The van der Waals surface area contributed by atoms with Crippen molar-refractivity contribution in [3.63, 3.8) is 0 Å². The van der Waals surface area contributed by atoms with Gasteiger partial charge in [-0.1, -0.05) is 99.1 Å². The number of unbranched alkanes of at least 4 members (excludes halogenated alkanes) is 1.